The Morgan fingerprint density at radius 1 is 0.838 bits per heavy atom. The number of carbonyl (C=O) groups is 1. The fraction of sp³-hybridized carbons (Fsp3) is 0.143. The molecule has 1 amide bonds. The van der Waals surface area contributed by atoms with Gasteiger partial charge in [0, 0.05) is 31.4 Å². The van der Waals surface area contributed by atoms with Crippen LogP contribution in [0.2, 0.25) is 0 Å². The van der Waals surface area contributed by atoms with Crippen molar-refractivity contribution in [1.29, 1.82) is 0 Å². The third-order valence-corrected chi connectivity index (χ3v) is 5.17. The second-order valence-corrected chi connectivity index (χ2v) is 8.42. The monoisotopic (exact) mass is 495 g/mol. The Kier molecular flexibility index (Phi) is 8.41. The normalized spacial score (nSPS) is 10.9. The quantitative estimate of drug-likeness (QED) is 0.289. The van der Waals surface area contributed by atoms with Crippen LogP contribution in [0.5, 0.6) is 11.5 Å². The number of benzene rings is 2. The highest BCUT2D eigenvalue weighted by molar-refractivity contribution is 6.00. The predicted octanol–water partition coefficient (Wildman–Crippen LogP) is 5.23. The first-order valence-electron chi connectivity index (χ1n) is 11.7. The Balaban J connectivity index is 1.38. The summed E-state index contributed by atoms with van der Waals surface area (Å²) in [6.07, 6.45) is 4.83. The van der Waals surface area contributed by atoms with Gasteiger partial charge in [-0.25, -0.2) is 15.0 Å². The van der Waals surface area contributed by atoms with Gasteiger partial charge >= 0.3 is 0 Å². The first kappa shape index (κ1) is 25.3. The van der Waals surface area contributed by atoms with Crippen LogP contribution in [0.3, 0.4) is 0 Å². The molecule has 0 atom stereocenters. The molecular weight excluding hydrogens is 466 g/mol. The van der Waals surface area contributed by atoms with Gasteiger partial charge in [0.2, 0.25) is 0 Å². The molecule has 0 unspecified atom stereocenters. The SMILES string of the molecule is CN(C)C/C=C/C(=O)N(C)c1cccc(Nc2cc(Nc3ccc(Oc4ccccc4)cc3)ncn2)n1. The highest BCUT2D eigenvalue weighted by Crippen LogP contribution is 2.25. The molecule has 4 aromatic rings. The lowest BCUT2D eigenvalue weighted by molar-refractivity contribution is -0.113. The molecule has 9 nitrogen and oxygen atoms in total. The van der Waals surface area contributed by atoms with Crippen LogP contribution < -0.4 is 20.3 Å². The van der Waals surface area contributed by atoms with Gasteiger partial charge in [0.15, 0.2) is 0 Å². The third kappa shape index (κ3) is 7.61. The van der Waals surface area contributed by atoms with Gasteiger partial charge in [-0.05, 0) is 62.6 Å². The zero-order chi connectivity index (χ0) is 26.0. The highest BCUT2D eigenvalue weighted by Gasteiger charge is 2.10. The molecule has 0 fully saturated rings. The number of nitrogens with zero attached hydrogens (tertiary/aromatic N) is 5. The van der Waals surface area contributed by atoms with E-state index in [9.17, 15) is 4.79 Å². The number of likely N-dealkylation sites (N-methyl/N-ethyl adjacent to an activating group) is 2. The molecule has 37 heavy (non-hydrogen) atoms. The summed E-state index contributed by atoms with van der Waals surface area (Å²) in [5, 5.41) is 6.44. The molecule has 188 valence electrons. The summed E-state index contributed by atoms with van der Waals surface area (Å²) in [6.45, 7) is 0.685. The fourth-order valence-corrected chi connectivity index (χ4v) is 3.27. The number of hydrogen-bond donors (Lipinski definition) is 2. The summed E-state index contributed by atoms with van der Waals surface area (Å²) in [5.41, 5.74) is 0.854. The zero-order valence-electron chi connectivity index (χ0n) is 21.0. The van der Waals surface area contributed by atoms with Gasteiger partial charge in [0.1, 0.15) is 41.1 Å². The van der Waals surface area contributed by atoms with Gasteiger partial charge < -0.3 is 20.3 Å². The van der Waals surface area contributed by atoms with E-state index in [1.807, 2.05) is 91.8 Å². The minimum Gasteiger partial charge on any atom is -0.457 e. The molecule has 9 heteroatoms. The lowest BCUT2D eigenvalue weighted by Gasteiger charge is -2.16. The van der Waals surface area contributed by atoms with Crippen molar-refractivity contribution in [1.82, 2.24) is 19.9 Å². The van der Waals surface area contributed by atoms with E-state index in [2.05, 4.69) is 25.6 Å². The van der Waals surface area contributed by atoms with Crippen molar-refractivity contribution in [2.75, 3.05) is 43.2 Å². The van der Waals surface area contributed by atoms with Gasteiger partial charge in [0.05, 0.1) is 0 Å². The summed E-state index contributed by atoms with van der Waals surface area (Å²) in [4.78, 5) is 29.1. The molecule has 4 rings (SSSR count). The summed E-state index contributed by atoms with van der Waals surface area (Å²) in [5.74, 6) is 3.62. The molecule has 0 saturated heterocycles. The minimum absolute atomic E-state index is 0.153. The molecule has 2 aromatic carbocycles. The average molecular weight is 496 g/mol. The van der Waals surface area contributed by atoms with Crippen molar-refractivity contribution >= 4 is 34.9 Å². The standard InChI is InChI=1S/C28H29N7O2/c1-34(2)18-8-13-28(36)35(3)27-12-7-11-24(33-27)32-26-19-25(29-20-30-26)31-21-14-16-23(17-15-21)37-22-9-5-4-6-10-22/h4-17,19-20H,18H2,1-3H3,(H2,29,30,31,32,33)/b13-8+. The maximum absolute atomic E-state index is 12.4. The van der Waals surface area contributed by atoms with Crippen LogP contribution in [-0.4, -0.2) is 53.4 Å². The summed E-state index contributed by atoms with van der Waals surface area (Å²) in [7, 11) is 5.58. The molecule has 0 bridgehead atoms. The molecular formula is C28H29N7O2. The number of hydrogen-bond acceptors (Lipinski definition) is 8. The molecule has 0 radical (unpaired) electrons. The van der Waals surface area contributed by atoms with Crippen molar-refractivity contribution in [3.63, 3.8) is 0 Å². The number of anilines is 5. The fourth-order valence-electron chi connectivity index (χ4n) is 3.27. The maximum atomic E-state index is 12.4. The van der Waals surface area contributed by atoms with E-state index in [0.29, 0.717) is 29.8 Å². The van der Waals surface area contributed by atoms with E-state index in [-0.39, 0.29) is 5.91 Å². The topological polar surface area (TPSA) is 95.5 Å². The third-order valence-electron chi connectivity index (χ3n) is 5.17. The number of ether oxygens (including phenoxy) is 1. The largest absolute Gasteiger partial charge is 0.457 e. The Hall–Kier alpha value is -4.76. The van der Waals surface area contributed by atoms with Crippen molar-refractivity contribution in [3.8, 4) is 11.5 Å². The second-order valence-electron chi connectivity index (χ2n) is 8.42. The lowest BCUT2D eigenvalue weighted by atomic mass is 10.3. The molecule has 2 aromatic heterocycles. The predicted molar refractivity (Wildman–Crippen MR) is 147 cm³/mol. The number of nitrogens with one attached hydrogen (secondary N) is 2. The van der Waals surface area contributed by atoms with Gasteiger partial charge in [-0.3, -0.25) is 9.69 Å². The molecule has 0 spiro atoms. The minimum atomic E-state index is -0.153. The van der Waals surface area contributed by atoms with Gasteiger partial charge in [-0.1, -0.05) is 30.3 Å². The number of amides is 1. The first-order chi connectivity index (χ1) is 18.0. The number of pyridine rings is 1. The molecule has 0 aliphatic heterocycles. The van der Waals surface area contributed by atoms with Crippen LogP contribution in [-0.2, 0) is 4.79 Å². The molecule has 0 aliphatic carbocycles. The van der Waals surface area contributed by atoms with E-state index < -0.39 is 0 Å². The second kappa shape index (κ2) is 12.3. The van der Waals surface area contributed by atoms with Crippen molar-refractivity contribution < 1.29 is 9.53 Å². The molecule has 2 N–H and O–H groups in total. The summed E-state index contributed by atoms with van der Waals surface area (Å²) < 4.78 is 5.84. The van der Waals surface area contributed by atoms with Crippen LogP contribution >= 0.6 is 0 Å². The first-order valence-corrected chi connectivity index (χ1v) is 11.7. The van der Waals surface area contributed by atoms with E-state index in [0.717, 1.165) is 17.2 Å². The van der Waals surface area contributed by atoms with E-state index in [1.54, 1.807) is 25.3 Å². The average Bonchev–Trinajstić information content (AvgIpc) is 2.90. The van der Waals surface area contributed by atoms with Crippen LogP contribution in [0.4, 0.5) is 29.0 Å². The molecule has 0 saturated carbocycles. The number of rotatable bonds is 10. The highest BCUT2D eigenvalue weighted by atomic mass is 16.5. The number of carbonyl (C=O) groups excluding carboxylic acids is 1. The van der Waals surface area contributed by atoms with Crippen LogP contribution in [0.25, 0.3) is 0 Å². The van der Waals surface area contributed by atoms with Crippen molar-refractivity contribution in [3.05, 3.63) is 97.3 Å². The zero-order valence-corrected chi connectivity index (χ0v) is 21.0. The van der Waals surface area contributed by atoms with Crippen LogP contribution in [0.15, 0.2) is 97.3 Å². The number of para-hydroxylation sites is 1. The van der Waals surface area contributed by atoms with Gasteiger partial charge in [-0.15, -0.1) is 0 Å². The summed E-state index contributed by atoms with van der Waals surface area (Å²) >= 11 is 0. The smallest absolute Gasteiger partial charge is 0.251 e. The molecule has 2 heterocycles. The number of aromatic nitrogens is 3. The van der Waals surface area contributed by atoms with E-state index >= 15 is 0 Å². The van der Waals surface area contributed by atoms with Crippen LogP contribution in [0, 0.1) is 0 Å². The Labute approximate surface area is 216 Å². The molecule has 0 aliphatic rings. The van der Waals surface area contributed by atoms with Crippen molar-refractivity contribution in [2.45, 2.75) is 0 Å². The lowest BCUT2D eigenvalue weighted by Crippen LogP contribution is -2.25. The van der Waals surface area contributed by atoms with E-state index in [1.165, 1.54) is 11.2 Å². The van der Waals surface area contributed by atoms with Gasteiger partial charge in [0.25, 0.3) is 5.91 Å². The Morgan fingerprint density at radius 3 is 2.27 bits per heavy atom. The summed E-state index contributed by atoms with van der Waals surface area (Å²) in [6, 6.07) is 24.4. The van der Waals surface area contributed by atoms with E-state index in [4.69, 9.17) is 4.74 Å². The Bertz CT molecular complexity index is 1340. The Morgan fingerprint density at radius 2 is 1.54 bits per heavy atom. The maximum Gasteiger partial charge on any atom is 0.251 e. The van der Waals surface area contributed by atoms with Gasteiger partial charge in [-0.2, -0.15) is 0 Å². The van der Waals surface area contributed by atoms with Crippen molar-refractivity contribution in [2.24, 2.45) is 0 Å². The van der Waals surface area contributed by atoms with Crippen LogP contribution in [0.1, 0.15) is 0 Å².